The summed E-state index contributed by atoms with van der Waals surface area (Å²) >= 11 is 5.56. The summed E-state index contributed by atoms with van der Waals surface area (Å²) in [5.74, 6) is -0.0118. The number of nitrogens with zero attached hydrogens (tertiary/aromatic N) is 2. The average Bonchev–Trinajstić information content (AvgIpc) is 2.12. The molecule has 1 aromatic carbocycles. The van der Waals surface area contributed by atoms with Crippen LogP contribution in [0.5, 0.6) is 5.75 Å². The van der Waals surface area contributed by atoms with Gasteiger partial charge in [0.15, 0.2) is 10.9 Å². The predicted molar refractivity (Wildman–Crippen MR) is 46.2 cm³/mol. The zero-order valence-corrected chi connectivity index (χ0v) is 6.78. The second-order valence-electron chi connectivity index (χ2n) is 2.36. The van der Waals surface area contributed by atoms with Gasteiger partial charge in [-0.2, -0.15) is 0 Å². The van der Waals surface area contributed by atoms with E-state index in [0.29, 0.717) is 10.9 Å². The smallest absolute Gasteiger partial charge is 0.194 e. The Morgan fingerprint density at radius 2 is 1.92 bits per heavy atom. The zero-order chi connectivity index (χ0) is 8.55. The van der Waals surface area contributed by atoms with Crippen molar-refractivity contribution in [3.63, 3.8) is 0 Å². The van der Waals surface area contributed by atoms with Gasteiger partial charge in [-0.3, -0.25) is 0 Å². The first-order valence-corrected chi connectivity index (χ1v) is 3.77. The highest BCUT2D eigenvalue weighted by molar-refractivity contribution is 6.31. The molecule has 0 spiro atoms. The van der Waals surface area contributed by atoms with Crippen molar-refractivity contribution in [2.45, 2.75) is 0 Å². The third-order valence-corrected chi connectivity index (χ3v) is 1.85. The summed E-state index contributed by atoms with van der Waals surface area (Å²) < 4.78 is 0. The second-order valence-corrected chi connectivity index (χ2v) is 2.71. The summed E-state index contributed by atoms with van der Waals surface area (Å²) in [7, 11) is 0. The maximum atomic E-state index is 9.42. The van der Waals surface area contributed by atoms with Gasteiger partial charge in [0, 0.05) is 5.39 Å². The largest absolute Gasteiger partial charge is 0.504 e. The number of rotatable bonds is 0. The molecule has 0 saturated heterocycles. The highest BCUT2D eigenvalue weighted by atomic mass is 35.5. The Labute approximate surface area is 73.6 Å². The van der Waals surface area contributed by atoms with E-state index in [-0.39, 0.29) is 10.9 Å². The number of hydrogen-bond donors (Lipinski definition) is 1. The fourth-order valence-corrected chi connectivity index (χ4v) is 1.16. The Balaban J connectivity index is 2.91. The molecule has 1 aromatic heterocycles. The molecule has 2 aromatic rings. The lowest BCUT2D eigenvalue weighted by atomic mass is 10.2. The molecule has 1 N–H and O–H groups in total. The predicted octanol–water partition coefficient (Wildman–Crippen LogP) is 1.99. The van der Waals surface area contributed by atoms with Crippen LogP contribution in [0, 0.1) is 0 Å². The minimum atomic E-state index is -0.0118. The average molecular weight is 181 g/mol. The summed E-state index contributed by atoms with van der Waals surface area (Å²) in [5, 5.41) is 17.5. The lowest BCUT2D eigenvalue weighted by Gasteiger charge is -1.98. The van der Waals surface area contributed by atoms with Gasteiger partial charge >= 0.3 is 0 Å². The quantitative estimate of drug-likeness (QED) is 0.675. The van der Waals surface area contributed by atoms with Crippen LogP contribution >= 0.6 is 11.6 Å². The highest BCUT2D eigenvalue weighted by Gasteiger charge is 2.05. The molecule has 0 saturated carbocycles. The molecule has 0 bridgehead atoms. The Kier molecular flexibility index (Phi) is 1.59. The summed E-state index contributed by atoms with van der Waals surface area (Å²) in [6, 6.07) is 7.13. The number of hydrogen-bond acceptors (Lipinski definition) is 3. The molecule has 0 unspecified atom stereocenters. The molecule has 0 fully saturated rings. The molecule has 0 aliphatic heterocycles. The third-order valence-electron chi connectivity index (χ3n) is 1.60. The van der Waals surface area contributed by atoms with Crippen LogP contribution in [0.15, 0.2) is 24.3 Å². The van der Waals surface area contributed by atoms with E-state index in [4.69, 9.17) is 11.6 Å². The Morgan fingerprint density at radius 3 is 2.75 bits per heavy atom. The van der Waals surface area contributed by atoms with E-state index in [1.165, 1.54) is 0 Å². The van der Waals surface area contributed by atoms with Gasteiger partial charge in [0.05, 0.1) is 5.52 Å². The Hall–Kier alpha value is -1.35. The van der Waals surface area contributed by atoms with Crippen molar-refractivity contribution in [1.29, 1.82) is 0 Å². The van der Waals surface area contributed by atoms with Gasteiger partial charge in [0.2, 0.25) is 0 Å². The molecule has 0 atom stereocenters. The fraction of sp³-hybridized carbons (Fsp3) is 0. The maximum Gasteiger partial charge on any atom is 0.194 e. The summed E-state index contributed by atoms with van der Waals surface area (Å²) in [4.78, 5) is 0. The zero-order valence-electron chi connectivity index (χ0n) is 6.03. The first-order chi connectivity index (χ1) is 5.79. The van der Waals surface area contributed by atoms with E-state index in [2.05, 4.69) is 10.2 Å². The van der Waals surface area contributed by atoms with Crippen LogP contribution in [-0.2, 0) is 0 Å². The van der Waals surface area contributed by atoms with Gasteiger partial charge in [-0.1, -0.05) is 23.7 Å². The van der Waals surface area contributed by atoms with E-state index in [9.17, 15) is 5.11 Å². The lowest BCUT2D eigenvalue weighted by Crippen LogP contribution is -1.84. The fourth-order valence-electron chi connectivity index (χ4n) is 1.02. The Morgan fingerprint density at radius 1 is 1.17 bits per heavy atom. The summed E-state index contributed by atoms with van der Waals surface area (Å²) in [6.45, 7) is 0. The number of fused-ring (bicyclic) bond motifs is 1. The van der Waals surface area contributed by atoms with Crippen LogP contribution in [0.3, 0.4) is 0 Å². The normalized spacial score (nSPS) is 10.4. The van der Waals surface area contributed by atoms with E-state index < -0.39 is 0 Å². The number of benzene rings is 1. The van der Waals surface area contributed by atoms with Gasteiger partial charge in [0.1, 0.15) is 0 Å². The van der Waals surface area contributed by atoms with Crippen molar-refractivity contribution < 1.29 is 5.11 Å². The maximum absolute atomic E-state index is 9.42. The standard InChI is InChI=1S/C8H5ClN2O/c9-8-7(12)5-3-1-2-4-6(5)10-11-8/h1-4H,(H,10,12). The molecule has 12 heavy (non-hydrogen) atoms. The summed E-state index contributed by atoms with van der Waals surface area (Å²) in [5.41, 5.74) is 0.638. The molecule has 0 aliphatic rings. The molecule has 0 aliphatic carbocycles. The molecule has 3 nitrogen and oxygen atoms in total. The van der Waals surface area contributed by atoms with Crippen molar-refractivity contribution in [1.82, 2.24) is 10.2 Å². The van der Waals surface area contributed by atoms with Crippen LogP contribution in [0.2, 0.25) is 5.15 Å². The molecule has 4 heteroatoms. The number of aromatic hydroxyl groups is 1. The molecule has 0 amide bonds. The van der Waals surface area contributed by atoms with Crippen molar-refractivity contribution in [3.05, 3.63) is 29.4 Å². The van der Waals surface area contributed by atoms with Crippen LogP contribution in [0.4, 0.5) is 0 Å². The van der Waals surface area contributed by atoms with E-state index in [1.807, 2.05) is 6.07 Å². The third kappa shape index (κ3) is 0.987. The van der Waals surface area contributed by atoms with Crippen LogP contribution in [-0.4, -0.2) is 15.3 Å². The van der Waals surface area contributed by atoms with Crippen molar-refractivity contribution in [2.24, 2.45) is 0 Å². The second kappa shape index (κ2) is 2.60. The van der Waals surface area contributed by atoms with Crippen molar-refractivity contribution >= 4 is 22.5 Å². The van der Waals surface area contributed by atoms with Gasteiger partial charge in [0.25, 0.3) is 0 Å². The van der Waals surface area contributed by atoms with E-state index in [0.717, 1.165) is 0 Å². The van der Waals surface area contributed by atoms with Gasteiger partial charge in [-0.15, -0.1) is 10.2 Å². The van der Waals surface area contributed by atoms with Crippen molar-refractivity contribution in [2.75, 3.05) is 0 Å². The number of aromatic nitrogens is 2. The molecule has 0 radical (unpaired) electrons. The molecule has 2 rings (SSSR count). The van der Waals surface area contributed by atoms with Crippen LogP contribution < -0.4 is 0 Å². The lowest BCUT2D eigenvalue weighted by molar-refractivity contribution is 0.478. The minimum absolute atomic E-state index is 0.0118. The first-order valence-electron chi connectivity index (χ1n) is 3.39. The highest BCUT2D eigenvalue weighted by Crippen LogP contribution is 2.27. The number of halogens is 1. The molecular weight excluding hydrogens is 176 g/mol. The summed E-state index contributed by atoms with van der Waals surface area (Å²) in [6.07, 6.45) is 0. The van der Waals surface area contributed by atoms with E-state index in [1.54, 1.807) is 18.2 Å². The minimum Gasteiger partial charge on any atom is -0.504 e. The van der Waals surface area contributed by atoms with Crippen LogP contribution in [0.1, 0.15) is 0 Å². The topological polar surface area (TPSA) is 46.0 Å². The first kappa shape index (κ1) is 7.31. The molecule has 60 valence electrons. The molecular formula is C8H5ClN2O. The Bertz CT molecular complexity index is 430. The van der Waals surface area contributed by atoms with Crippen LogP contribution in [0.25, 0.3) is 10.9 Å². The van der Waals surface area contributed by atoms with Gasteiger partial charge in [-0.25, -0.2) is 0 Å². The van der Waals surface area contributed by atoms with Crippen molar-refractivity contribution in [3.8, 4) is 5.75 Å². The SMILES string of the molecule is Oc1c(Cl)nnc2ccccc12. The monoisotopic (exact) mass is 180 g/mol. The molecule has 1 heterocycles. The van der Waals surface area contributed by atoms with Gasteiger partial charge < -0.3 is 5.11 Å². The van der Waals surface area contributed by atoms with E-state index >= 15 is 0 Å². The van der Waals surface area contributed by atoms with Gasteiger partial charge in [-0.05, 0) is 12.1 Å².